The largest absolute Gasteiger partial charge is 0.457 e. The molecule has 5 heteroatoms. The number of anilines is 1. The van der Waals surface area contributed by atoms with Crippen molar-refractivity contribution >= 4 is 40.6 Å². The van der Waals surface area contributed by atoms with Crippen molar-refractivity contribution in [1.29, 1.82) is 0 Å². The molecule has 1 aliphatic rings. The van der Waals surface area contributed by atoms with Gasteiger partial charge >= 0.3 is 0 Å². The monoisotopic (exact) mass is 374 g/mol. The summed E-state index contributed by atoms with van der Waals surface area (Å²) in [6, 6.07) is 13.2. The number of nitrogen functional groups attached to an aromatic ring is 1. The van der Waals surface area contributed by atoms with Crippen LogP contribution >= 0.6 is 24.0 Å². The molecule has 25 heavy (non-hydrogen) atoms. The zero-order valence-electron chi connectivity index (χ0n) is 13.8. The van der Waals surface area contributed by atoms with Crippen molar-refractivity contribution in [2.45, 2.75) is 32.1 Å². The number of rotatable bonds is 2. The molecule has 0 spiro atoms. The van der Waals surface area contributed by atoms with Crippen LogP contribution in [0.2, 0.25) is 5.02 Å². The van der Waals surface area contributed by atoms with Crippen molar-refractivity contribution in [2.75, 3.05) is 5.73 Å². The normalized spacial score (nSPS) is 13.6. The SMILES string of the molecule is Cl.Nc1c2c(nc3ccc(Oc4ccc(Cl)cc4)cc13)CCCCC2. The Balaban J connectivity index is 0.00000182. The van der Waals surface area contributed by atoms with E-state index < -0.39 is 0 Å². The summed E-state index contributed by atoms with van der Waals surface area (Å²) in [6.07, 6.45) is 5.68. The fraction of sp³-hybridized carbons (Fsp3) is 0.250. The molecule has 0 radical (unpaired) electrons. The van der Waals surface area contributed by atoms with Gasteiger partial charge in [0.1, 0.15) is 11.5 Å². The number of pyridine rings is 1. The summed E-state index contributed by atoms with van der Waals surface area (Å²) in [5, 5.41) is 1.67. The van der Waals surface area contributed by atoms with Gasteiger partial charge in [-0.05, 0) is 73.7 Å². The molecule has 1 aliphatic carbocycles. The van der Waals surface area contributed by atoms with Crippen LogP contribution < -0.4 is 10.5 Å². The van der Waals surface area contributed by atoms with E-state index in [0.717, 1.165) is 40.9 Å². The summed E-state index contributed by atoms with van der Waals surface area (Å²) in [7, 11) is 0. The Kier molecular flexibility index (Phi) is 5.36. The molecule has 0 saturated carbocycles. The average molecular weight is 375 g/mol. The van der Waals surface area contributed by atoms with Gasteiger partial charge in [-0.3, -0.25) is 4.98 Å². The minimum atomic E-state index is 0. The first-order chi connectivity index (χ1) is 11.7. The first-order valence-electron chi connectivity index (χ1n) is 8.35. The van der Waals surface area contributed by atoms with Crippen molar-refractivity contribution in [3.63, 3.8) is 0 Å². The second-order valence-corrected chi connectivity index (χ2v) is 6.68. The number of aryl methyl sites for hydroxylation is 1. The van der Waals surface area contributed by atoms with E-state index in [1.165, 1.54) is 30.5 Å². The van der Waals surface area contributed by atoms with Gasteiger partial charge in [-0.1, -0.05) is 18.0 Å². The number of nitrogens with two attached hydrogens (primary N) is 1. The topological polar surface area (TPSA) is 48.1 Å². The van der Waals surface area contributed by atoms with Crippen LogP contribution in [0.3, 0.4) is 0 Å². The van der Waals surface area contributed by atoms with Gasteiger partial charge in [-0.25, -0.2) is 0 Å². The van der Waals surface area contributed by atoms with Crippen molar-refractivity contribution < 1.29 is 4.74 Å². The summed E-state index contributed by atoms with van der Waals surface area (Å²) in [4.78, 5) is 4.84. The molecular weight excluding hydrogens is 355 g/mol. The third kappa shape index (κ3) is 3.68. The molecule has 1 heterocycles. The highest BCUT2D eigenvalue weighted by atomic mass is 35.5. The molecule has 2 aromatic carbocycles. The van der Waals surface area contributed by atoms with E-state index in [4.69, 9.17) is 27.1 Å². The summed E-state index contributed by atoms with van der Waals surface area (Å²) >= 11 is 5.91. The Hall–Kier alpha value is -1.97. The molecule has 130 valence electrons. The van der Waals surface area contributed by atoms with Crippen LogP contribution in [-0.4, -0.2) is 4.98 Å². The number of halogens is 2. The lowest BCUT2D eigenvalue weighted by atomic mass is 10.0. The molecule has 0 unspecified atom stereocenters. The molecule has 0 bridgehead atoms. The number of nitrogens with zero attached hydrogens (tertiary/aromatic N) is 1. The summed E-state index contributed by atoms with van der Waals surface area (Å²) in [5.41, 5.74) is 10.7. The van der Waals surface area contributed by atoms with E-state index in [2.05, 4.69) is 0 Å². The van der Waals surface area contributed by atoms with E-state index in [1.807, 2.05) is 42.5 Å². The van der Waals surface area contributed by atoms with Gasteiger partial charge in [0.05, 0.1) is 5.52 Å². The molecule has 0 amide bonds. The predicted octanol–water partition coefficient (Wildman–Crippen LogP) is 5.95. The van der Waals surface area contributed by atoms with E-state index in [1.54, 1.807) is 0 Å². The smallest absolute Gasteiger partial charge is 0.128 e. The summed E-state index contributed by atoms with van der Waals surface area (Å²) < 4.78 is 5.92. The summed E-state index contributed by atoms with van der Waals surface area (Å²) in [5.74, 6) is 1.51. The quantitative estimate of drug-likeness (QED) is 0.563. The average Bonchev–Trinajstić information content (AvgIpc) is 2.83. The first kappa shape index (κ1) is 17.8. The fourth-order valence-electron chi connectivity index (χ4n) is 3.32. The maximum absolute atomic E-state index is 6.48. The van der Waals surface area contributed by atoms with Gasteiger partial charge in [0.25, 0.3) is 0 Å². The van der Waals surface area contributed by atoms with Crippen LogP contribution in [0.15, 0.2) is 42.5 Å². The lowest BCUT2D eigenvalue weighted by Gasteiger charge is -2.13. The van der Waals surface area contributed by atoms with Gasteiger partial charge in [0, 0.05) is 21.8 Å². The molecule has 0 saturated heterocycles. The number of fused-ring (bicyclic) bond motifs is 2. The van der Waals surface area contributed by atoms with E-state index in [-0.39, 0.29) is 12.4 Å². The van der Waals surface area contributed by atoms with Crippen LogP contribution in [0.1, 0.15) is 30.5 Å². The number of aromatic nitrogens is 1. The van der Waals surface area contributed by atoms with Crippen LogP contribution in [0.25, 0.3) is 10.9 Å². The fourth-order valence-corrected chi connectivity index (χ4v) is 3.44. The van der Waals surface area contributed by atoms with Gasteiger partial charge < -0.3 is 10.5 Å². The van der Waals surface area contributed by atoms with Gasteiger partial charge in [-0.2, -0.15) is 0 Å². The molecular formula is C20H20Cl2N2O. The van der Waals surface area contributed by atoms with E-state index in [0.29, 0.717) is 5.02 Å². The molecule has 2 N–H and O–H groups in total. The first-order valence-corrected chi connectivity index (χ1v) is 8.73. The molecule has 0 atom stereocenters. The summed E-state index contributed by atoms with van der Waals surface area (Å²) in [6.45, 7) is 0. The van der Waals surface area contributed by atoms with E-state index >= 15 is 0 Å². The second kappa shape index (κ2) is 7.51. The minimum Gasteiger partial charge on any atom is -0.457 e. The van der Waals surface area contributed by atoms with Crippen LogP contribution in [0, 0.1) is 0 Å². The Labute approximate surface area is 158 Å². The zero-order valence-corrected chi connectivity index (χ0v) is 15.4. The molecule has 0 aliphatic heterocycles. The maximum atomic E-state index is 6.48. The number of hydrogen-bond acceptors (Lipinski definition) is 3. The molecule has 4 rings (SSSR count). The zero-order chi connectivity index (χ0) is 16.5. The van der Waals surface area contributed by atoms with Crippen LogP contribution in [-0.2, 0) is 12.8 Å². The third-order valence-corrected chi connectivity index (χ3v) is 4.83. The van der Waals surface area contributed by atoms with Crippen molar-refractivity contribution in [3.05, 3.63) is 58.7 Å². The van der Waals surface area contributed by atoms with E-state index in [9.17, 15) is 0 Å². The van der Waals surface area contributed by atoms with Crippen molar-refractivity contribution in [2.24, 2.45) is 0 Å². The molecule has 1 aromatic heterocycles. The Morgan fingerprint density at radius 3 is 2.44 bits per heavy atom. The maximum Gasteiger partial charge on any atom is 0.128 e. The van der Waals surface area contributed by atoms with Crippen LogP contribution in [0.5, 0.6) is 11.5 Å². The minimum absolute atomic E-state index is 0. The Morgan fingerprint density at radius 1 is 0.920 bits per heavy atom. The number of benzene rings is 2. The van der Waals surface area contributed by atoms with Gasteiger partial charge in [0.15, 0.2) is 0 Å². The molecule has 3 nitrogen and oxygen atoms in total. The standard InChI is InChI=1S/C20H19ClN2O.ClH/c21-13-6-8-14(9-7-13)24-15-10-11-19-17(12-15)20(22)16-4-2-1-3-5-18(16)23-19;/h6-12H,1-5H2,(H2,22,23);1H. The highest BCUT2D eigenvalue weighted by Crippen LogP contribution is 2.33. The van der Waals surface area contributed by atoms with Crippen molar-refractivity contribution in [3.8, 4) is 11.5 Å². The van der Waals surface area contributed by atoms with Crippen LogP contribution in [0.4, 0.5) is 5.69 Å². The highest BCUT2D eigenvalue weighted by molar-refractivity contribution is 6.30. The molecule has 3 aromatic rings. The highest BCUT2D eigenvalue weighted by Gasteiger charge is 2.16. The van der Waals surface area contributed by atoms with Gasteiger partial charge in [0.2, 0.25) is 0 Å². The molecule has 0 fully saturated rings. The van der Waals surface area contributed by atoms with Crippen molar-refractivity contribution in [1.82, 2.24) is 4.98 Å². The third-order valence-electron chi connectivity index (χ3n) is 4.58. The Bertz CT molecular complexity index is 894. The Morgan fingerprint density at radius 2 is 1.64 bits per heavy atom. The lowest BCUT2D eigenvalue weighted by molar-refractivity contribution is 0.483. The second-order valence-electron chi connectivity index (χ2n) is 6.25. The number of hydrogen-bond donors (Lipinski definition) is 1. The lowest BCUT2D eigenvalue weighted by Crippen LogP contribution is -2.03. The van der Waals surface area contributed by atoms with Gasteiger partial charge in [-0.15, -0.1) is 12.4 Å². The number of ether oxygens (including phenoxy) is 1. The predicted molar refractivity (Wildman–Crippen MR) is 106 cm³/mol.